The van der Waals surface area contributed by atoms with E-state index in [1.165, 1.54) is 6.21 Å². The fourth-order valence-electron chi connectivity index (χ4n) is 1.58. The van der Waals surface area contributed by atoms with Gasteiger partial charge in [-0.3, -0.25) is 4.99 Å². The highest BCUT2D eigenvalue weighted by atomic mass is 14.9. The minimum atomic E-state index is 0.530. The Bertz CT molecular complexity index is 212. The minimum Gasteiger partial charge on any atom is -0.317 e. The maximum Gasteiger partial charge on any atom is 0.0313 e. The molecule has 0 unspecified atom stereocenters. The lowest BCUT2D eigenvalue weighted by molar-refractivity contribution is 0.429. The summed E-state index contributed by atoms with van der Waals surface area (Å²) in [5.41, 5.74) is 1.06. The van der Waals surface area contributed by atoms with Gasteiger partial charge in [0.05, 0.1) is 0 Å². The van der Waals surface area contributed by atoms with Gasteiger partial charge < -0.3 is 10.7 Å². The Morgan fingerprint density at radius 3 is 2.69 bits per heavy atom. The molecule has 0 bridgehead atoms. The molecule has 1 fully saturated rings. The van der Waals surface area contributed by atoms with Crippen LogP contribution in [0, 0.1) is 11.3 Å². The average molecular weight is 179 g/mol. The zero-order valence-electron chi connectivity index (χ0n) is 8.09. The lowest BCUT2D eigenvalue weighted by Crippen LogP contribution is -2.28. The standard InChI is InChI=1S/C10H17N3/c1-2-12-8-10(7-11)9-3-5-13-6-4-9/h2,7-9,11,13H,3-6H2,1H3/b10-8+,11-7?,12-2?. The Morgan fingerprint density at radius 1 is 1.46 bits per heavy atom. The summed E-state index contributed by atoms with van der Waals surface area (Å²) < 4.78 is 0. The third-order valence-electron chi connectivity index (χ3n) is 2.35. The van der Waals surface area contributed by atoms with Crippen LogP contribution in [0.1, 0.15) is 19.8 Å². The molecular weight excluding hydrogens is 162 g/mol. The molecule has 0 aromatic heterocycles. The molecule has 1 saturated heterocycles. The Morgan fingerprint density at radius 2 is 2.15 bits per heavy atom. The minimum absolute atomic E-state index is 0.530. The molecule has 13 heavy (non-hydrogen) atoms. The number of rotatable bonds is 3. The second kappa shape index (κ2) is 5.65. The van der Waals surface area contributed by atoms with Crippen molar-refractivity contribution in [3.63, 3.8) is 0 Å². The van der Waals surface area contributed by atoms with Crippen molar-refractivity contribution in [3.05, 3.63) is 11.8 Å². The maximum absolute atomic E-state index is 7.29. The van der Waals surface area contributed by atoms with Gasteiger partial charge in [0.1, 0.15) is 0 Å². The average Bonchev–Trinajstić information content (AvgIpc) is 2.21. The van der Waals surface area contributed by atoms with Crippen LogP contribution in [0.2, 0.25) is 0 Å². The van der Waals surface area contributed by atoms with Crippen molar-refractivity contribution in [1.82, 2.24) is 5.32 Å². The Hall–Kier alpha value is -0.960. The Labute approximate surface area is 79.5 Å². The van der Waals surface area contributed by atoms with Crippen LogP contribution in [-0.2, 0) is 0 Å². The van der Waals surface area contributed by atoms with E-state index in [2.05, 4.69) is 10.3 Å². The molecule has 3 heteroatoms. The SMILES string of the molecule is CC=N/C=C(\C=N)C1CCNCC1. The first kappa shape index (κ1) is 10.1. The van der Waals surface area contributed by atoms with E-state index in [1.807, 2.05) is 13.1 Å². The Balaban J connectivity index is 2.58. The number of piperidine rings is 1. The second-order valence-electron chi connectivity index (χ2n) is 3.20. The topological polar surface area (TPSA) is 48.2 Å². The number of nitrogens with zero attached hydrogens (tertiary/aromatic N) is 1. The summed E-state index contributed by atoms with van der Waals surface area (Å²) in [6.45, 7) is 4.01. The fourth-order valence-corrected chi connectivity index (χ4v) is 1.58. The van der Waals surface area contributed by atoms with Gasteiger partial charge in [0.25, 0.3) is 0 Å². The lowest BCUT2D eigenvalue weighted by Gasteiger charge is -2.22. The molecule has 0 aliphatic carbocycles. The molecule has 0 aromatic carbocycles. The van der Waals surface area contributed by atoms with Crippen molar-refractivity contribution < 1.29 is 0 Å². The molecule has 1 heterocycles. The summed E-state index contributed by atoms with van der Waals surface area (Å²) >= 11 is 0. The molecule has 0 spiro atoms. The first-order chi connectivity index (χ1) is 6.38. The number of nitrogens with one attached hydrogen (secondary N) is 2. The van der Waals surface area contributed by atoms with Gasteiger partial charge in [-0.25, -0.2) is 0 Å². The number of hydrogen-bond acceptors (Lipinski definition) is 3. The molecule has 0 aromatic rings. The molecule has 1 aliphatic heterocycles. The smallest absolute Gasteiger partial charge is 0.0313 e. The molecular formula is C10H17N3. The molecule has 72 valence electrons. The first-order valence-corrected chi connectivity index (χ1v) is 4.77. The van der Waals surface area contributed by atoms with Gasteiger partial charge >= 0.3 is 0 Å². The molecule has 2 N–H and O–H groups in total. The molecule has 1 aliphatic rings. The van der Waals surface area contributed by atoms with Gasteiger partial charge in [0, 0.05) is 18.6 Å². The van der Waals surface area contributed by atoms with Gasteiger partial charge in [-0.05, 0) is 44.3 Å². The van der Waals surface area contributed by atoms with Crippen LogP contribution in [0.3, 0.4) is 0 Å². The highest BCUT2D eigenvalue weighted by Crippen LogP contribution is 2.19. The van der Waals surface area contributed by atoms with Crippen molar-refractivity contribution in [1.29, 1.82) is 5.41 Å². The van der Waals surface area contributed by atoms with Crippen molar-refractivity contribution >= 4 is 12.4 Å². The molecule has 1 rings (SSSR count). The number of hydrogen-bond donors (Lipinski definition) is 2. The molecule has 0 amide bonds. The van der Waals surface area contributed by atoms with Crippen LogP contribution in [0.25, 0.3) is 0 Å². The summed E-state index contributed by atoms with van der Waals surface area (Å²) in [5.74, 6) is 0.530. The largest absolute Gasteiger partial charge is 0.317 e. The third-order valence-corrected chi connectivity index (χ3v) is 2.35. The van der Waals surface area contributed by atoms with E-state index in [4.69, 9.17) is 5.41 Å². The predicted octanol–water partition coefficient (Wildman–Crippen LogP) is 1.61. The van der Waals surface area contributed by atoms with Crippen LogP contribution >= 0.6 is 0 Å². The van der Waals surface area contributed by atoms with Crippen molar-refractivity contribution in [2.45, 2.75) is 19.8 Å². The van der Waals surface area contributed by atoms with Crippen LogP contribution < -0.4 is 5.32 Å². The number of aliphatic imine (C=N–C) groups is 1. The second-order valence-corrected chi connectivity index (χ2v) is 3.20. The van der Waals surface area contributed by atoms with Crippen LogP contribution in [0.5, 0.6) is 0 Å². The normalized spacial score (nSPS) is 20.8. The van der Waals surface area contributed by atoms with Gasteiger partial charge in [-0.15, -0.1) is 0 Å². The van der Waals surface area contributed by atoms with E-state index in [0.717, 1.165) is 31.5 Å². The zero-order chi connectivity index (χ0) is 9.52. The fraction of sp³-hybridized carbons (Fsp3) is 0.600. The summed E-state index contributed by atoms with van der Waals surface area (Å²) in [4.78, 5) is 4.06. The van der Waals surface area contributed by atoms with Crippen molar-refractivity contribution in [2.75, 3.05) is 13.1 Å². The van der Waals surface area contributed by atoms with Gasteiger partial charge in [-0.1, -0.05) is 0 Å². The van der Waals surface area contributed by atoms with Crippen LogP contribution in [0.4, 0.5) is 0 Å². The summed E-state index contributed by atoms with van der Waals surface area (Å²) in [5, 5.41) is 10.6. The quantitative estimate of drug-likeness (QED) is 0.635. The van der Waals surface area contributed by atoms with E-state index in [-0.39, 0.29) is 0 Å². The molecule has 0 radical (unpaired) electrons. The van der Waals surface area contributed by atoms with Gasteiger partial charge in [0.15, 0.2) is 0 Å². The van der Waals surface area contributed by atoms with Crippen molar-refractivity contribution in [2.24, 2.45) is 10.9 Å². The molecule has 0 atom stereocenters. The predicted molar refractivity (Wildman–Crippen MR) is 56.6 cm³/mol. The molecule has 3 nitrogen and oxygen atoms in total. The summed E-state index contributed by atoms with van der Waals surface area (Å²) in [6.07, 6.45) is 7.25. The van der Waals surface area contributed by atoms with E-state index in [1.54, 1.807) is 6.21 Å². The highest BCUT2D eigenvalue weighted by Gasteiger charge is 2.15. The van der Waals surface area contributed by atoms with E-state index in [9.17, 15) is 0 Å². The lowest BCUT2D eigenvalue weighted by atomic mass is 9.91. The zero-order valence-corrected chi connectivity index (χ0v) is 8.09. The third kappa shape index (κ3) is 3.11. The molecule has 0 saturated carbocycles. The van der Waals surface area contributed by atoms with Crippen LogP contribution in [0.15, 0.2) is 16.8 Å². The monoisotopic (exact) mass is 179 g/mol. The first-order valence-electron chi connectivity index (χ1n) is 4.77. The van der Waals surface area contributed by atoms with Gasteiger partial charge in [0.2, 0.25) is 0 Å². The van der Waals surface area contributed by atoms with Crippen molar-refractivity contribution in [3.8, 4) is 0 Å². The van der Waals surface area contributed by atoms with E-state index in [0.29, 0.717) is 5.92 Å². The summed E-state index contributed by atoms with van der Waals surface area (Å²) in [7, 11) is 0. The highest BCUT2D eigenvalue weighted by molar-refractivity contribution is 5.76. The maximum atomic E-state index is 7.29. The van der Waals surface area contributed by atoms with Crippen LogP contribution in [-0.4, -0.2) is 25.5 Å². The number of allylic oxidation sites excluding steroid dienone is 1. The Kier molecular flexibility index (Phi) is 4.40. The summed E-state index contributed by atoms with van der Waals surface area (Å²) in [6, 6.07) is 0. The van der Waals surface area contributed by atoms with E-state index < -0.39 is 0 Å². The van der Waals surface area contributed by atoms with E-state index >= 15 is 0 Å². The van der Waals surface area contributed by atoms with Gasteiger partial charge in [-0.2, -0.15) is 0 Å².